The molecule has 0 radical (unpaired) electrons. The molecule has 0 aliphatic heterocycles. The Kier molecular flexibility index (Phi) is 3.63. The summed E-state index contributed by atoms with van der Waals surface area (Å²) in [5.74, 6) is 0.850. The largest absolute Gasteiger partial charge is 0.496 e. The molecule has 3 heteroatoms. The number of hydrogen-bond donors (Lipinski definition) is 0. The molecule has 0 unspecified atom stereocenters. The van der Waals surface area contributed by atoms with Crippen molar-refractivity contribution in [2.75, 3.05) is 7.11 Å². The van der Waals surface area contributed by atoms with E-state index < -0.39 is 0 Å². The summed E-state index contributed by atoms with van der Waals surface area (Å²) in [4.78, 5) is 11.9. The van der Waals surface area contributed by atoms with Crippen LogP contribution in [0.25, 0.3) is 0 Å². The van der Waals surface area contributed by atoms with E-state index in [0.29, 0.717) is 17.1 Å². The van der Waals surface area contributed by atoms with Crippen molar-refractivity contribution in [3.8, 4) is 11.5 Å². The van der Waals surface area contributed by atoms with E-state index in [1.54, 1.807) is 43.5 Å². The van der Waals surface area contributed by atoms with Crippen LogP contribution in [-0.4, -0.2) is 13.1 Å². The molecule has 3 nitrogen and oxygen atoms in total. The molecule has 2 aromatic rings. The number of carbonyl (C=O) groups excluding carboxylic acids is 1. The zero-order valence-corrected chi connectivity index (χ0v) is 10.3. The maximum absolute atomic E-state index is 11.9. The van der Waals surface area contributed by atoms with E-state index in [1.807, 2.05) is 19.1 Å². The van der Waals surface area contributed by atoms with Crippen molar-refractivity contribution in [2.45, 2.75) is 6.92 Å². The van der Waals surface area contributed by atoms with Gasteiger partial charge >= 0.3 is 5.97 Å². The van der Waals surface area contributed by atoms with Crippen LogP contribution < -0.4 is 9.47 Å². The summed E-state index contributed by atoms with van der Waals surface area (Å²) in [5, 5.41) is 0. The fourth-order valence-corrected chi connectivity index (χ4v) is 1.66. The minimum absolute atomic E-state index is 0.369. The maximum Gasteiger partial charge on any atom is 0.343 e. The molecule has 0 saturated heterocycles. The molecule has 2 aromatic carbocycles. The minimum Gasteiger partial charge on any atom is -0.496 e. The van der Waals surface area contributed by atoms with Crippen LogP contribution in [-0.2, 0) is 0 Å². The molecule has 0 N–H and O–H groups in total. The van der Waals surface area contributed by atoms with Gasteiger partial charge in [0.1, 0.15) is 11.5 Å². The second-order valence-electron chi connectivity index (χ2n) is 3.84. The summed E-state index contributed by atoms with van der Waals surface area (Å²) in [6, 6.07) is 14.3. The number of ether oxygens (including phenoxy) is 2. The Hall–Kier alpha value is -2.29. The van der Waals surface area contributed by atoms with Crippen LogP contribution in [0.1, 0.15) is 15.9 Å². The van der Waals surface area contributed by atoms with Crippen LogP contribution in [0.5, 0.6) is 11.5 Å². The fourth-order valence-electron chi connectivity index (χ4n) is 1.66. The van der Waals surface area contributed by atoms with Gasteiger partial charge in [-0.25, -0.2) is 4.79 Å². The molecule has 0 amide bonds. The molecule has 18 heavy (non-hydrogen) atoms. The highest BCUT2D eigenvalue weighted by Gasteiger charge is 2.11. The number of esters is 1. The lowest BCUT2D eigenvalue weighted by atomic mass is 10.2. The Morgan fingerprint density at radius 1 is 0.944 bits per heavy atom. The molecule has 0 heterocycles. The third-order valence-electron chi connectivity index (χ3n) is 2.67. The molecule has 0 atom stereocenters. The summed E-state index contributed by atoms with van der Waals surface area (Å²) in [7, 11) is 1.59. The first-order chi connectivity index (χ1) is 8.72. The predicted molar refractivity (Wildman–Crippen MR) is 69.1 cm³/mol. The third kappa shape index (κ3) is 2.51. The first kappa shape index (κ1) is 12.2. The van der Waals surface area contributed by atoms with Gasteiger partial charge in [0, 0.05) is 5.56 Å². The number of benzene rings is 2. The Labute approximate surface area is 106 Å². The maximum atomic E-state index is 11.9. The van der Waals surface area contributed by atoms with Crippen LogP contribution in [0, 0.1) is 6.92 Å². The Balaban J connectivity index is 2.22. The molecule has 0 aliphatic rings. The van der Waals surface area contributed by atoms with E-state index in [4.69, 9.17) is 9.47 Å². The summed E-state index contributed by atoms with van der Waals surface area (Å²) >= 11 is 0. The van der Waals surface area contributed by atoms with Crippen molar-refractivity contribution < 1.29 is 14.3 Å². The minimum atomic E-state index is -0.369. The molecular formula is C15H14O3. The topological polar surface area (TPSA) is 35.5 Å². The predicted octanol–water partition coefficient (Wildman–Crippen LogP) is 3.22. The summed E-state index contributed by atoms with van der Waals surface area (Å²) < 4.78 is 10.5. The van der Waals surface area contributed by atoms with Crippen LogP contribution in [0.2, 0.25) is 0 Å². The molecule has 0 spiro atoms. The van der Waals surface area contributed by atoms with Crippen LogP contribution >= 0.6 is 0 Å². The lowest BCUT2D eigenvalue weighted by molar-refractivity contribution is 0.0733. The molecule has 2 rings (SSSR count). The molecular weight excluding hydrogens is 228 g/mol. The highest BCUT2D eigenvalue weighted by atomic mass is 16.5. The highest BCUT2D eigenvalue weighted by Crippen LogP contribution is 2.27. The smallest absolute Gasteiger partial charge is 0.343 e. The van der Waals surface area contributed by atoms with Gasteiger partial charge in [-0.05, 0) is 31.2 Å². The van der Waals surface area contributed by atoms with Gasteiger partial charge in [-0.2, -0.15) is 0 Å². The number of hydrogen-bond acceptors (Lipinski definition) is 3. The van der Waals surface area contributed by atoms with Crippen molar-refractivity contribution in [2.24, 2.45) is 0 Å². The van der Waals surface area contributed by atoms with E-state index >= 15 is 0 Å². The van der Waals surface area contributed by atoms with Gasteiger partial charge in [-0.3, -0.25) is 0 Å². The molecule has 0 aliphatic carbocycles. The molecule has 0 saturated carbocycles. The molecule has 0 bridgehead atoms. The highest BCUT2D eigenvalue weighted by molar-refractivity contribution is 5.91. The average Bonchev–Trinajstić information content (AvgIpc) is 2.42. The normalized spacial score (nSPS) is 9.89. The molecule has 0 fully saturated rings. The Bertz CT molecular complexity index is 547. The van der Waals surface area contributed by atoms with Crippen molar-refractivity contribution in [3.63, 3.8) is 0 Å². The number of carbonyl (C=O) groups is 1. The lowest BCUT2D eigenvalue weighted by Gasteiger charge is -2.10. The first-order valence-corrected chi connectivity index (χ1v) is 5.63. The zero-order valence-electron chi connectivity index (χ0n) is 10.3. The van der Waals surface area contributed by atoms with E-state index in [0.717, 1.165) is 5.56 Å². The quantitative estimate of drug-likeness (QED) is 0.612. The average molecular weight is 242 g/mol. The van der Waals surface area contributed by atoms with Crippen molar-refractivity contribution in [3.05, 3.63) is 59.7 Å². The third-order valence-corrected chi connectivity index (χ3v) is 2.67. The van der Waals surface area contributed by atoms with Gasteiger partial charge in [0.05, 0.1) is 12.7 Å². The van der Waals surface area contributed by atoms with Crippen molar-refractivity contribution >= 4 is 5.97 Å². The second-order valence-corrected chi connectivity index (χ2v) is 3.84. The van der Waals surface area contributed by atoms with Gasteiger partial charge in [-0.1, -0.05) is 24.3 Å². The van der Waals surface area contributed by atoms with Crippen LogP contribution in [0.15, 0.2) is 48.5 Å². The van der Waals surface area contributed by atoms with E-state index in [1.165, 1.54) is 0 Å². The van der Waals surface area contributed by atoms with E-state index in [-0.39, 0.29) is 5.97 Å². The summed E-state index contributed by atoms with van der Waals surface area (Å²) in [6.07, 6.45) is 0. The van der Waals surface area contributed by atoms with Gasteiger partial charge in [0.2, 0.25) is 0 Å². The van der Waals surface area contributed by atoms with Crippen LogP contribution in [0.3, 0.4) is 0 Å². The molecule has 92 valence electrons. The molecule has 0 aromatic heterocycles. The fraction of sp³-hybridized carbons (Fsp3) is 0.133. The SMILES string of the molecule is COc1cccc(OC(=O)c2ccccc2)c1C. The van der Waals surface area contributed by atoms with Gasteiger partial charge in [0.25, 0.3) is 0 Å². The Morgan fingerprint density at radius 3 is 2.28 bits per heavy atom. The van der Waals surface area contributed by atoms with Gasteiger partial charge < -0.3 is 9.47 Å². The van der Waals surface area contributed by atoms with Crippen LogP contribution in [0.4, 0.5) is 0 Å². The summed E-state index contributed by atoms with van der Waals surface area (Å²) in [6.45, 7) is 1.85. The lowest BCUT2D eigenvalue weighted by Crippen LogP contribution is -2.09. The monoisotopic (exact) mass is 242 g/mol. The van der Waals surface area contributed by atoms with E-state index in [9.17, 15) is 4.79 Å². The first-order valence-electron chi connectivity index (χ1n) is 5.63. The Morgan fingerprint density at radius 2 is 1.61 bits per heavy atom. The zero-order chi connectivity index (χ0) is 13.0. The van der Waals surface area contributed by atoms with Gasteiger partial charge in [-0.15, -0.1) is 0 Å². The van der Waals surface area contributed by atoms with Crippen molar-refractivity contribution in [1.29, 1.82) is 0 Å². The second kappa shape index (κ2) is 5.36. The number of methoxy groups -OCH3 is 1. The van der Waals surface area contributed by atoms with Crippen molar-refractivity contribution in [1.82, 2.24) is 0 Å². The summed E-state index contributed by atoms with van der Waals surface area (Å²) in [5.41, 5.74) is 1.34. The van der Waals surface area contributed by atoms with Gasteiger partial charge in [0.15, 0.2) is 0 Å². The van der Waals surface area contributed by atoms with E-state index in [2.05, 4.69) is 0 Å². The standard InChI is InChI=1S/C15H14O3/c1-11-13(17-2)9-6-10-14(11)18-15(16)12-7-4-3-5-8-12/h3-10H,1-2H3. The number of rotatable bonds is 3.